The summed E-state index contributed by atoms with van der Waals surface area (Å²) >= 11 is 0. The lowest BCUT2D eigenvalue weighted by atomic mass is 10.2. The maximum absolute atomic E-state index is 13.1. The summed E-state index contributed by atoms with van der Waals surface area (Å²) in [6.45, 7) is 0. The number of fused-ring (bicyclic) bond motifs is 1. The Morgan fingerprint density at radius 1 is 0.893 bits per heavy atom. The Kier molecular flexibility index (Phi) is 4.70. The smallest absolute Gasteiger partial charge is 0.265 e. The van der Waals surface area contributed by atoms with Crippen molar-refractivity contribution in [1.29, 1.82) is 0 Å². The van der Waals surface area contributed by atoms with Crippen LogP contribution in [0.3, 0.4) is 0 Å². The molecule has 6 heteroatoms. The normalized spacial score (nSPS) is 11.9. The molecular weight excluding hydrogens is 354 g/mol. The molecule has 1 aromatic heterocycles. The molecular formula is C22H17N3O3. The van der Waals surface area contributed by atoms with Crippen molar-refractivity contribution in [1.82, 2.24) is 14.9 Å². The summed E-state index contributed by atoms with van der Waals surface area (Å²) in [5.41, 5.74) is 1.11. The summed E-state index contributed by atoms with van der Waals surface area (Å²) in [6.07, 6.45) is -1.58. The van der Waals surface area contributed by atoms with Crippen molar-refractivity contribution in [2.24, 2.45) is 0 Å². The van der Waals surface area contributed by atoms with Crippen LogP contribution in [-0.4, -0.2) is 20.6 Å². The molecule has 0 fully saturated rings. The number of carbonyl (C=O) groups excluding carboxylic acids is 1. The van der Waals surface area contributed by atoms with Crippen LogP contribution in [-0.2, 0) is 0 Å². The molecule has 0 aliphatic carbocycles. The van der Waals surface area contributed by atoms with Crippen molar-refractivity contribution in [3.8, 4) is 11.4 Å². The van der Waals surface area contributed by atoms with Gasteiger partial charge in [0.1, 0.15) is 5.82 Å². The number of amides is 1. The van der Waals surface area contributed by atoms with Crippen LogP contribution in [0.5, 0.6) is 0 Å². The molecule has 0 aliphatic heterocycles. The van der Waals surface area contributed by atoms with Gasteiger partial charge >= 0.3 is 0 Å². The number of benzene rings is 3. The number of hydrogen-bond donors (Lipinski definition) is 2. The van der Waals surface area contributed by atoms with Crippen LogP contribution in [0.4, 0.5) is 0 Å². The highest BCUT2D eigenvalue weighted by molar-refractivity contribution is 5.94. The fraction of sp³-hybridized carbons (Fsp3) is 0.0455. The molecule has 0 saturated carbocycles. The van der Waals surface area contributed by atoms with Gasteiger partial charge in [-0.25, -0.2) is 9.55 Å². The Morgan fingerprint density at radius 2 is 1.50 bits per heavy atom. The number of para-hydroxylation sites is 1. The fourth-order valence-electron chi connectivity index (χ4n) is 3.02. The Balaban J connectivity index is 1.83. The van der Waals surface area contributed by atoms with Crippen LogP contribution < -0.4 is 10.9 Å². The summed E-state index contributed by atoms with van der Waals surface area (Å²) in [5.74, 6) is -0.225. The highest BCUT2D eigenvalue weighted by atomic mass is 16.3. The van der Waals surface area contributed by atoms with Gasteiger partial charge in [0.2, 0.25) is 6.35 Å². The molecule has 4 aromatic rings. The van der Waals surface area contributed by atoms with E-state index in [1.165, 1.54) is 0 Å². The zero-order valence-electron chi connectivity index (χ0n) is 14.8. The summed E-state index contributed by atoms with van der Waals surface area (Å²) in [5, 5.41) is 13.6. The second-order valence-electron chi connectivity index (χ2n) is 6.21. The lowest BCUT2D eigenvalue weighted by Crippen LogP contribution is -2.39. The van der Waals surface area contributed by atoms with Crippen molar-refractivity contribution in [2.45, 2.75) is 6.35 Å². The Bertz CT molecular complexity index is 1190. The van der Waals surface area contributed by atoms with Crippen LogP contribution in [0.25, 0.3) is 22.3 Å². The topological polar surface area (TPSA) is 84.2 Å². The molecule has 1 unspecified atom stereocenters. The summed E-state index contributed by atoms with van der Waals surface area (Å²) in [4.78, 5) is 30.1. The summed E-state index contributed by atoms with van der Waals surface area (Å²) in [7, 11) is 0. The molecule has 1 amide bonds. The zero-order valence-corrected chi connectivity index (χ0v) is 14.8. The third-order valence-corrected chi connectivity index (χ3v) is 4.38. The number of aliphatic hydroxyl groups excluding tert-OH is 1. The van der Waals surface area contributed by atoms with Gasteiger partial charge in [-0.15, -0.1) is 0 Å². The van der Waals surface area contributed by atoms with E-state index in [-0.39, 0.29) is 5.82 Å². The van der Waals surface area contributed by atoms with Crippen molar-refractivity contribution < 1.29 is 9.90 Å². The minimum atomic E-state index is -1.58. The summed E-state index contributed by atoms with van der Waals surface area (Å²) in [6, 6.07) is 24.4. The van der Waals surface area contributed by atoms with E-state index < -0.39 is 17.8 Å². The van der Waals surface area contributed by atoms with E-state index in [9.17, 15) is 14.7 Å². The number of hydrogen-bond acceptors (Lipinski definition) is 4. The molecule has 0 spiro atoms. The third kappa shape index (κ3) is 3.28. The van der Waals surface area contributed by atoms with Gasteiger partial charge in [-0.05, 0) is 24.3 Å². The summed E-state index contributed by atoms with van der Waals surface area (Å²) < 4.78 is 1.10. The van der Waals surface area contributed by atoms with Gasteiger partial charge in [0.15, 0.2) is 0 Å². The van der Waals surface area contributed by atoms with Crippen LogP contribution >= 0.6 is 0 Å². The van der Waals surface area contributed by atoms with Gasteiger partial charge in [-0.1, -0.05) is 60.7 Å². The molecule has 0 bridgehead atoms. The average molecular weight is 371 g/mol. The Morgan fingerprint density at radius 3 is 2.21 bits per heavy atom. The fourth-order valence-corrected chi connectivity index (χ4v) is 3.02. The van der Waals surface area contributed by atoms with Gasteiger partial charge < -0.3 is 10.4 Å². The van der Waals surface area contributed by atoms with Crippen LogP contribution in [0.1, 0.15) is 16.7 Å². The van der Waals surface area contributed by atoms with E-state index in [2.05, 4.69) is 10.3 Å². The molecule has 3 aromatic carbocycles. The average Bonchev–Trinajstić information content (AvgIpc) is 2.74. The molecule has 138 valence electrons. The van der Waals surface area contributed by atoms with Crippen molar-refractivity contribution in [3.05, 3.63) is 101 Å². The number of nitrogens with zero attached hydrogens (tertiary/aromatic N) is 2. The first kappa shape index (κ1) is 17.6. The Labute approximate surface area is 160 Å². The molecule has 0 aliphatic rings. The maximum Gasteiger partial charge on any atom is 0.265 e. The van der Waals surface area contributed by atoms with Crippen LogP contribution in [0, 0.1) is 0 Å². The van der Waals surface area contributed by atoms with Gasteiger partial charge in [0, 0.05) is 11.1 Å². The molecule has 28 heavy (non-hydrogen) atoms. The monoisotopic (exact) mass is 371 g/mol. The second kappa shape index (κ2) is 7.46. The number of carbonyl (C=O) groups is 1. The lowest BCUT2D eigenvalue weighted by molar-refractivity contribution is 0.0516. The number of aromatic nitrogens is 2. The zero-order chi connectivity index (χ0) is 19.5. The van der Waals surface area contributed by atoms with Gasteiger partial charge in [-0.3, -0.25) is 9.59 Å². The predicted molar refractivity (Wildman–Crippen MR) is 107 cm³/mol. The van der Waals surface area contributed by atoms with Crippen molar-refractivity contribution in [3.63, 3.8) is 0 Å². The van der Waals surface area contributed by atoms with Gasteiger partial charge in [-0.2, -0.15) is 0 Å². The standard InChI is InChI=1S/C22H17N3O3/c26-20(16-11-5-2-6-12-16)24-22(28)25-19(15-9-3-1-4-10-15)23-18-14-8-7-13-17(18)21(25)27/h1-14,22,28H,(H,24,26). The van der Waals surface area contributed by atoms with E-state index in [1.807, 2.05) is 18.2 Å². The SMILES string of the molecule is O=C(NC(O)n1c(-c2ccccc2)nc2ccccc2c1=O)c1ccccc1. The van der Waals surface area contributed by atoms with Crippen LogP contribution in [0.2, 0.25) is 0 Å². The lowest BCUT2D eigenvalue weighted by Gasteiger charge is -2.20. The highest BCUT2D eigenvalue weighted by Gasteiger charge is 2.20. The van der Waals surface area contributed by atoms with Gasteiger partial charge in [0.05, 0.1) is 10.9 Å². The molecule has 2 N–H and O–H groups in total. The first-order chi connectivity index (χ1) is 13.6. The second-order valence-corrected chi connectivity index (χ2v) is 6.21. The van der Waals surface area contributed by atoms with E-state index in [1.54, 1.807) is 66.7 Å². The highest BCUT2D eigenvalue weighted by Crippen LogP contribution is 2.20. The minimum Gasteiger partial charge on any atom is -0.356 e. The van der Waals surface area contributed by atoms with E-state index in [0.717, 1.165) is 4.57 Å². The number of rotatable bonds is 4. The third-order valence-electron chi connectivity index (χ3n) is 4.38. The van der Waals surface area contributed by atoms with Gasteiger partial charge in [0.25, 0.3) is 11.5 Å². The molecule has 1 heterocycles. The minimum absolute atomic E-state index is 0.269. The van der Waals surface area contributed by atoms with Crippen LogP contribution in [0.15, 0.2) is 89.7 Å². The van der Waals surface area contributed by atoms with E-state index in [4.69, 9.17) is 0 Å². The number of aliphatic hydroxyl groups is 1. The predicted octanol–water partition coefficient (Wildman–Crippen LogP) is 2.94. The Hall–Kier alpha value is -3.77. The number of nitrogens with one attached hydrogen (secondary N) is 1. The molecule has 1 atom stereocenters. The van der Waals surface area contributed by atoms with Crippen molar-refractivity contribution >= 4 is 16.8 Å². The molecule has 4 rings (SSSR count). The van der Waals surface area contributed by atoms with Crippen molar-refractivity contribution in [2.75, 3.05) is 0 Å². The first-order valence-electron chi connectivity index (χ1n) is 8.76. The first-order valence-corrected chi connectivity index (χ1v) is 8.76. The van der Waals surface area contributed by atoms with E-state index in [0.29, 0.717) is 22.0 Å². The molecule has 0 saturated heterocycles. The molecule has 0 radical (unpaired) electrons. The largest absolute Gasteiger partial charge is 0.356 e. The molecule has 6 nitrogen and oxygen atoms in total. The maximum atomic E-state index is 13.1. The quantitative estimate of drug-likeness (QED) is 0.540. The van der Waals surface area contributed by atoms with E-state index >= 15 is 0 Å².